The predicted molar refractivity (Wildman–Crippen MR) is 122 cm³/mol. The lowest BCUT2D eigenvalue weighted by Crippen LogP contribution is -2.38. The van der Waals surface area contributed by atoms with Crippen LogP contribution >= 0.6 is 0 Å². The van der Waals surface area contributed by atoms with Gasteiger partial charge in [0, 0.05) is 44.9 Å². The fourth-order valence-electron chi connectivity index (χ4n) is 3.63. The Morgan fingerprint density at radius 1 is 1.06 bits per heavy atom. The van der Waals surface area contributed by atoms with Gasteiger partial charge in [-0.1, -0.05) is 29.8 Å². The highest BCUT2D eigenvalue weighted by Crippen LogP contribution is 2.24. The number of anilines is 2. The van der Waals surface area contributed by atoms with Gasteiger partial charge in [0.05, 0.1) is 32.6 Å². The second-order valence-corrected chi connectivity index (χ2v) is 7.73. The van der Waals surface area contributed by atoms with Crippen molar-refractivity contribution in [1.29, 1.82) is 0 Å². The van der Waals surface area contributed by atoms with Crippen molar-refractivity contribution in [3.05, 3.63) is 47.5 Å². The average molecular weight is 426 g/mol. The Kier molecular flexibility index (Phi) is 7.71. The molecule has 2 fully saturated rings. The zero-order valence-corrected chi connectivity index (χ0v) is 18.1. The van der Waals surface area contributed by atoms with Gasteiger partial charge in [0.15, 0.2) is 5.82 Å². The Labute approximate surface area is 183 Å². The van der Waals surface area contributed by atoms with Gasteiger partial charge in [-0.2, -0.15) is 5.10 Å². The van der Waals surface area contributed by atoms with E-state index in [1.165, 1.54) is 5.56 Å². The molecule has 2 aromatic rings. The highest BCUT2D eigenvalue weighted by atomic mass is 16.5. The number of pyridine rings is 1. The summed E-state index contributed by atoms with van der Waals surface area (Å²) in [6, 6.07) is 12.1. The first-order valence-electron chi connectivity index (χ1n) is 10.9. The minimum Gasteiger partial charge on any atom is -0.492 e. The summed E-state index contributed by atoms with van der Waals surface area (Å²) in [6.07, 6.45) is 1.80. The lowest BCUT2D eigenvalue weighted by molar-refractivity contribution is 0.0322. The van der Waals surface area contributed by atoms with Crippen molar-refractivity contribution in [3.8, 4) is 5.75 Å². The highest BCUT2D eigenvalue weighted by Gasteiger charge is 2.15. The molecular formula is C23H31N5O3. The largest absolute Gasteiger partial charge is 0.492 e. The summed E-state index contributed by atoms with van der Waals surface area (Å²) in [7, 11) is 0. The van der Waals surface area contributed by atoms with E-state index in [0.29, 0.717) is 25.6 Å². The van der Waals surface area contributed by atoms with Crippen LogP contribution in [0.3, 0.4) is 0 Å². The summed E-state index contributed by atoms with van der Waals surface area (Å²) in [5.41, 5.74) is 5.31. The van der Waals surface area contributed by atoms with Gasteiger partial charge in [0.25, 0.3) is 0 Å². The molecule has 0 spiro atoms. The topological polar surface area (TPSA) is 71.5 Å². The Morgan fingerprint density at radius 2 is 1.84 bits per heavy atom. The van der Waals surface area contributed by atoms with Gasteiger partial charge in [0.2, 0.25) is 0 Å². The van der Waals surface area contributed by atoms with E-state index in [9.17, 15) is 0 Å². The lowest BCUT2D eigenvalue weighted by Gasteiger charge is -2.28. The van der Waals surface area contributed by atoms with E-state index in [0.717, 1.165) is 63.1 Å². The molecule has 0 saturated carbocycles. The third-order valence-electron chi connectivity index (χ3n) is 5.34. The molecule has 1 N–H and O–H groups in total. The van der Waals surface area contributed by atoms with E-state index in [2.05, 4.69) is 39.4 Å². The van der Waals surface area contributed by atoms with Crippen molar-refractivity contribution in [1.82, 2.24) is 9.88 Å². The van der Waals surface area contributed by atoms with Crippen molar-refractivity contribution in [2.24, 2.45) is 5.10 Å². The molecule has 1 aromatic carbocycles. The van der Waals surface area contributed by atoms with Crippen LogP contribution in [-0.2, 0) is 9.47 Å². The highest BCUT2D eigenvalue weighted by molar-refractivity contribution is 5.80. The standard InChI is InChI=1S/C23H31N5O3/c1-19-3-2-4-20(15-19)18-24-26-22-16-21(31-14-7-27-5-10-29-11-6-27)17-23(25-22)28-8-12-30-13-9-28/h2-4,15-18H,5-14H2,1H3,(H,25,26)/b24-18+. The van der Waals surface area contributed by atoms with Crippen LogP contribution in [0.15, 0.2) is 41.5 Å². The first-order chi connectivity index (χ1) is 15.3. The first-order valence-corrected chi connectivity index (χ1v) is 10.9. The maximum absolute atomic E-state index is 6.09. The van der Waals surface area contributed by atoms with Crippen LogP contribution in [0, 0.1) is 6.92 Å². The Balaban J connectivity index is 1.43. The Bertz CT molecular complexity index is 864. The van der Waals surface area contributed by atoms with Gasteiger partial charge in [0.1, 0.15) is 18.2 Å². The minimum absolute atomic E-state index is 0.624. The predicted octanol–water partition coefficient (Wildman–Crippen LogP) is 2.38. The molecule has 8 nitrogen and oxygen atoms in total. The summed E-state index contributed by atoms with van der Waals surface area (Å²) in [6.45, 7) is 10.1. The lowest BCUT2D eigenvalue weighted by atomic mass is 10.2. The van der Waals surface area contributed by atoms with Crippen molar-refractivity contribution in [2.75, 3.05) is 76.1 Å². The fourth-order valence-corrected chi connectivity index (χ4v) is 3.63. The number of benzene rings is 1. The van der Waals surface area contributed by atoms with Crippen molar-refractivity contribution in [3.63, 3.8) is 0 Å². The maximum atomic E-state index is 6.09. The molecule has 2 saturated heterocycles. The summed E-state index contributed by atoms with van der Waals surface area (Å²) in [5, 5.41) is 4.38. The quantitative estimate of drug-likeness (QED) is 0.514. The molecular weight excluding hydrogens is 394 g/mol. The number of morpholine rings is 2. The molecule has 0 unspecified atom stereocenters. The number of ether oxygens (including phenoxy) is 3. The van der Waals surface area contributed by atoms with Gasteiger partial charge in [-0.15, -0.1) is 0 Å². The zero-order valence-electron chi connectivity index (χ0n) is 18.1. The maximum Gasteiger partial charge on any atom is 0.152 e. The van der Waals surface area contributed by atoms with Gasteiger partial charge in [-0.25, -0.2) is 4.98 Å². The molecule has 166 valence electrons. The van der Waals surface area contributed by atoms with Crippen LogP contribution in [0.5, 0.6) is 5.75 Å². The van der Waals surface area contributed by atoms with Gasteiger partial charge >= 0.3 is 0 Å². The van der Waals surface area contributed by atoms with Crippen LogP contribution in [0.1, 0.15) is 11.1 Å². The normalized spacial score (nSPS) is 17.8. The summed E-state index contributed by atoms with van der Waals surface area (Å²) >= 11 is 0. The number of nitrogens with one attached hydrogen (secondary N) is 1. The summed E-state index contributed by atoms with van der Waals surface area (Å²) in [5.74, 6) is 2.33. The second kappa shape index (κ2) is 11.1. The number of hydrogen-bond donors (Lipinski definition) is 1. The summed E-state index contributed by atoms with van der Waals surface area (Å²) in [4.78, 5) is 9.32. The Hall–Kier alpha value is -2.68. The SMILES string of the molecule is Cc1cccc(/C=N/Nc2cc(OCCN3CCOCC3)cc(N3CCOCC3)n2)c1. The third kappa shape index (κ3) is 6.65. The smallest absolute Gasteiger partial charge is 0.152 e. The number of hydrazone groups is 1. The van der Waals surface area contributed by atoms with Gasteiger partial charge in [-0.3, -0.25) is 10.3 Å². The third-order valence-corrected chi connectivity index (χ3v) is 5.34. The molecule has 31 heavy (non-hydrogen) atoms. The van der Waals surface area contributed by atoms with E-state index >= 15 is 0 Å². The molecule has 1 aromatic heterocycles. The van der Waals surface area contributed by atoms with Crippen molar-refractivity contribution < 1.29 is 14.2 Å². The zero-order chi connectivity index (χ0) is 21.3. The number of hydrogen-bond acceptors (Lipinski definition) is 8. The van der Waals surface area contributed by atoms with E-state index in [1.54, 1.807) is 6.21 Å². The van der Waals surface area contributed by atoms with Crippen LogP contribution in [0.2, 0.25) is 0 Å². The molecule has 4 rings (SSSR count). The Morgan fingerprint density at radius 3 is 2.61 bits per heavy atom. The number of aromatic nitrogens is 1. The molecule has 0 amide bonds. The molecule has 0 bridgehead atoms. The van der Waals surface area contributed by atoms with Gasteiger partial charge in [-0.05, 0) is 12.5 Å². The minimum atomic E-state index is 0.624. The fraction of sp³-hybridized carbons (Fsp3) is 0.478. The molecule has 0 aliphatic carbocycles. The molecule has 8 heteroatoms. The van der Waals surface area contributed by atoms with E-state index in [1.807, 2.05) is 24.3 Å². The molecule has 0 atom stereocenters. The number of aryl methyl sites for hydroxylation is 1. The van der Waals surface area contributed by atoms with Crippen LogP contribution < -0.4 is 15.1 Å². The average Bonchev–Trinajstić information content (AvgIpc) is 2.80. The van der Waals surface area contributed by atoms with Crippen LogP contribution in [0.4, 0.5) is 11.6 Å². The summed E-state index contributed by atoms with van der Waals surface area (Å²) < 4.78 is 17.0. The van der Waals surface area contributed by atoms with E-state index < -0.39 is 0 Å². The van der Waals surface area contributed by atoms with E-state index in [-0.39, 0.29) is 0 Å². The van der Waals surface area contributed by atoms with Gasteiger partial charge < -0.3 is 19.1 Å². The molecule has 0 radical (unpaired) electrons. The molecule has 2 aliphatic heterocycles. The monoisotopic (exact) mass is 425 g/mol. The van der Waals surface area contributed by atoms with Crippen molar-refractivity contribution >= 4 is 17.9 Å². The van der Waals surface area contributed by atoms with Crippen LogP contribution in [-0.4, -0.2) is 81.9 Å². The number of nitrogens with zero attached hydrogens (tertiary/aromatic N) is 4. The second-order valence-electron chi connectivity index (χ2n) is 7.73. The van der Waals surface area contributed by atoms with E-state index in [4.69, 9.17) is 19.2 Å². The first kappa shape index (κ1) is 21.5. The van der Waals surface area contributed by atoms with Crippen LogP contribution in [0.25, 0.3) is 0 Å². The van der Waals surface area contributed by atoms with Crippen molar-refractivity contribution in [2.45, 2.75) is 6.92 Å². The number of rotatable bonds is 8. The molecule has 2 aliphatic rings. The molecule has 3 heterocycles.